The molecule has 1 amide bonds. The average molecular weight is 563 g/mol. The summed E-state index contributed by atoms with van der Waals surface area (Å²) in [6, 6.07) is 6.54. The molecule has 0 saturated heterocycles. The number of carbonyl (C=O) groups excluding carboxylic acids is 3. The molecule has 7 nitrogen and oxygen atoms in total. The molecule has 1 aromatic carbocycles. The largest absolute Gasteiger partial charge is 0.464 e. The van der Waals surface area contributed by atoms with Crippen LogP contribution in [-0.2, 0) is 20.7 Å². The van der Waals surface area contributed by atoms with E-state index in [1.54, 1.807) is 19.1 Å². The van der Waals surface area contributed by atoms with Crippen LogP contribution in [0.3, 0.4) is 0 Å². The summed E-state index contributed by atoms with van der Waals surface area (Å²) in [5, 5.41) is 6.52. The maximum atomic E-state index is 13.0. The predicted molar refractivity (Wildman–Crippen MR) is 147 cm³/mol. The summed E-state index contributed by atoms with van der Waals surface area (Å²) < 4.78 is 5.36. The second kappa shape index (κ2) is 11.9. The number of nitrogens with zero attached hydrogens (tertiary/aromatic N) is 1. The minimum atomic E-state index is -0.640. The van der Waals surface area contributed by atoms with Crippen molar-refractivity contribution in [3.05, 3.63) is 68.4 Å². The number of allylic oxidation sites excluding steroid dienone is 2. The molecule has 37 heavy (non-hydrogen) atoms. The molecule has 0 unspecified atom stereocenters. The van der Waals surface area contributed by atoms with Gasteiger partial charge in [0.2, 0.25) is 0 Å². The van der Waals surface area contributed by atoms with Gasteiger partial charge < -0.3 is 15.4 Å². The van der Waals surface area contributed by atoms with E-state index in [1.807, 2.05) is 18.4 Å². The number of amides is 1. The number of esters is 1. The molecule has 0 radical (unpaired) electrons. The average Bonchev–Trinajstić information content (AvgIpc) is 2.89. The maximum Gasteiger partial charge on any atom is 0.328 e. The lowest BCUT2D eigenvalue weighted by Crippen LogP contribution is -2.54. The second-order valence-electron chi connectivity index (χ2n) is 9.16. The van der Waals surface area contributed by atoms with Crippen molar-refractivity contribution in [2.24, 2.45) is 5.41 Å². The third kappa shape index (κ3) is 5.66. The number of pyridine rings is 1. The van der Waals surface area contributed by atoms with Crippen LogP contribution in [0, 0.1) is 5.41 Å². The zero-order valence-electron chi connectivity index (χ0n) is 20.7. The molecule has 1 saturated carbocycles. The zero-order chi connectivity index (χ0) is 26.6. The summed E-state index contributed by atoms with van der Waals surface area (Å²) in [6.07, 6.45) is 9.74. The summed E-state index contributed by atoms with van der Waals surface area (Å²) in [5.41, 5.74) is 1.97. The number of ketones is 1. The van der Waals surface area contributed by atoms with Crippen LogP contribution in [0.4, 0.5) is 5.69 Å². The van der Waals surface area contributed by atoms with Crippen LogP contribution < -0.4 is 10.6 Å². The molecule has 1 aromatic heterocycles. The van der Waals surface area contributed by atoms with E-state index >= 15 is 0 Å². The first-order chi connectivity index (χ1) is 17.8. The molecule has 2 N–H and O–H groups in total. The Morgan fingerprint density at radius 3 is 2.35 bits per heavy atom. The monoisotopic (exact) mass is 561 g/mol. The molecule has 1 spiro atoms. The van der Waals surface area contributed by atoms with Crippen molar-refractivity contribution < 1.29 is 19.1 Å². The highest BCUT2D eigenvalue weighted by Gasteiger charge is 2.54. The quantitative estimate of drug-likeness (QED) is 0.372. The van der Waals surface area contributed by atoms with Gasteiger partial charge in [-0.2, -0.15) is 0 Å². The Balaban J connectivity index is 1.50. The van der Waals surface area contributed by atoms with Crippen molar-refractivity contribution in [3.63, 3.8) is 0 Å². The van der Waals surface area contributed by atoms with Gasteiger partial charge in [-0.25, -0.2) is 4.79 Å². The Morgan fingerprint density at radius 2 is 1.76 bits per heavy atom. The minimum Gasteiger partial charge on any atom is -0.464 e. The molecule has 2 aromatic rings. The van der Waals surface area contributed by atoms with E-state index in [1.165, 1.54) is 24.2 Å². The van der Waals surface area contributed by atoms with Gasteiger partial charge in [0.1, 0.15) is 6.04 Å². The van der Waals surface area contributed by atoms with E-state index in [0.717, 1.165) is 43.4 Å². The number of hydrogen-bond donors (Lipinski definition) is 2. The number of anilines is 1. The number of carbonyl (C=O) groups is 3. The van der Waals surface area contributed by atoms with Crippen LogP contribution in [0.5, 0.6) is 0 Å². The second-order valence-corrected chi connectivity index (χ2v) is 10.8. The van der Waals surface area contributed by atoms with Gasteiger partial charge in [-0.15, -0.1) is 11.8 Å². The summed E-state index contributed by atoms with van der Waals surface area (Å²) in [6.45, 7) is 2.04. The van der Waals surface area contributed by atoms with Crippen LogP contribution in [0.15, 0.2) is 47.3 Å². The highest BCUT2D eigenvalue weighted by Crippen LogP contribution is 2.54. The van der Waals surface area contributed by atoms with Crippen LogP contribution in [0.1, 0.15) is 54.9 Å². The summed E-state index contributed by atoms with van der Waals surface area (Å²) in [7, 11) is 0. The maximum absolute atomic E-state index is 13.0. The minimum absolute atomic E-state index is 0.151. The Kier molecular flexibility index (Phi) is 8.82. The molecule has 0 bridgehead atoms. The number of thioether (sulfide) groups is 1. The fraction of sp³-hybridized carbons (Fsp3) is 0.407. The lowest BCUT2D eigenvalue weighted by Gasteiger charge is -2.47. The highest BCUT2D eigenvalue weighted by molar-refractivity contribution is 8.03. The Bertz CT molecular complexity index is 1210. The van der Waals surface area contributed by atoms with Crippen LogP contribution in [-0.4, -0.2) is 41.5 Å². The topological polar surface area (TPSA) is 97.4 Å². The number of benzene rings is 1. The number of halogens is 2. The molecule has 196 valence electrons. The van der Waals surface area contributed by atoms with Crippen molar-refractivity contribution in [2.45, 2.75) is 51.5 Å². The smallest absolute Gasteiger partial charge is 0.328 e. The number of ether oxygens (including phenoxy) is 1. The van der Waals surface area contributed by atoms with E-state index in [4.69, 9.17) is 27.9 Å². The van der Waals surface area contributed by atoms with Gasteiger partial charge >= 0.3 is 5.97 Å². The molecule has 2 aliphatic carbocycles. The molecule has 0 aliphatic heterocycles. The third-order valence-corrected chi connectivity index (χ3v) is 8.25. The SMILES string of the molecule is CCOC(=O)[C@H](Cc1ccc(NC(=O)c2c(Cl)cncc2Cl)cc1)NC1=C(SC)C(=O)C12CCCCC2. The van der Waals surface area contributed by atoms with Gasteiger partial charge in [0, 0.05) is 30.2 Å². The summed E-state index contributed by atoms with van der Waals surface area (Å²) in [5.74, 6) is -0.611. The first kappa shape index (κ1) is 27.5. The first-order valence-electron chi connectivity index (χ1n) is 12.3. The molecule has 10 heteroatoms. The van der Waals surface area contributed by atoms with E-state index < -0.39 is 17.4 Å². The number of hydrogen-bond acceptors (Lipinski definition) is 7. The number of Topliss-reactive ketones (excluding diaryl/α,β-unsaturated/α-hetero) is 1. The van der Waals surface area contributed by atoms with Crippen molar-refractivity contribution in [3.8, 4) is 0 Å². The van der Waals surface area contributed by atoms with Crippen LogP contribution in [0.2, 0.25) is 10.0 Å². The van der Waals surface area contributed by atoms with Gasteiger partial charge in [-0.1, -0.05) is 54.6 Å². The Labute approximate surface area is 230 Å². The van der Waals surface area contributed by atoms with Crippen LogP contribution in [0.25, 0.3) is 0 Å². The molecule has 2 aliphatic rings. The summed E-state index contributed by atoms with van der Waals surface area (Å²) >= 11 is 13.6. The number of aromatic nitrogens is 1. The van der Waals surface area contributed by atoms with Crippen molar-refractivity contribution in [1.82, 2.24) is 10.3 Å². The molecular formula is C27H29Cl2N3O4S. The van der Waals surface area contributed by atoms with Gasteiger partial charge in [-0.05, 0) is 43.7 Å². The highest BCUT2D eigenvalue weighted by atomic mass is 35.5. The fourth-order valence-electron chi connectivity index (χ4n) is 5.02. The molecule has 1 heterocycles. The van der Waals surface area contributed by atoms with E-state index in [9.17, 15) is 14.4 Å². The van der Waals surface area contributed by atoms with Crippen LogP contribution >= 0.6 is 35.0 Å². The Hall–Kier alpha value is -2.55. The lowest BCUT2D eigenvalue weighted by atomic mass is 9.62. The fourth-order valence-corrected chi connectivity index (χ4v) is 6.40. The van der Waals surface area contributed by atoms with Gasteiger partial charge in [-0.3, -0.25) is 14.6 Å². The zero-order valence-corrected chi connectivity index (χ0v) is 23.1. The Morgan fingerprint density at radius 1 is 1.11 bits per heavy atom. The van der Waals surface area contributed by atoms with Gasteiger partial charge in [0.25, 0.3) is 5.91 Å². The van der Waals surface area contributed by atoms with Crippen molar-refractivity contribution in [2.75, 3.05) is 18.2 Å². The van der Waals surface area contributed by atoms with E-state index in [-0.39, 0.29) is 34.0 Å². The molecule has 1 fully saturated rings. The molecular weight excluding hydrogens is 533 g/mol. The van der Waals surface area contributed by atoms with E-state index in [0.29, 0.717) is 17.0 Å². The normalized spacial score (nSPS) is 17.2. The lowest BCUT2D eigenvalue weighted by molar-refractivity contribution is -0.146. The number of nitrogens with one attached hydrogen (secondary N) is 2. The number of rotatable bonds is 9. The van der Waals surface area contributed by atoms with Gasteiger partial charge in [0.05, 0.1) is 32.5 Å². The first-order valence-corrected chi connectivity index (χ1v) is 14.2. The molecule has 1 atom stereocenters. The summed E-state index contributed by atoms with van der Waals surface area (Å²) in [4.78, 5) is 43.1. The predicted octanol–water partition coefficient (Wildman–Crippen LogP) is 5.81. The van der Waals surface area contributed by atoms with Crippen molar-refractivity contribution in [1.29, 1.82) is 0 Å². The van der Waals surface area contributed by atoms with Gasteiger partial charge in [0.15, 0.2) is 5.78 Å². The van der Waals surface area contributed by atoms with E-state index in [2.05, 4.69) is 15.6 Å². The third-order valence-electron chi connectivity index (χ3n) is 6.88. The molecule has 4 rings (SSSR count). The standard InChI is InChI=1S/C27H29Cl2N3O4S/c1-3-36-26(35)20(32-23-22(37-2)24(33)27(23)11-5-4-6-12-27)13-16-7-9-17(10-8-16)31-25(34)21-18(28)14-30-15-19(21)29/h7-10,14-15,20,32H,3-6,11-13H2,1-2H3,(H,31,34)/t20-/m0/s1. The van der Waals surface area contributed by atoms with Crippen molar-refractivity contribution >= 4 is 58.3 Å².